The molecule has 6 heteroatoms. The van der Waals surface area contributed by atoms with Crippen LogP contribution >= 0.6 is 0 Å². The smallest absolute Gasteiger partial charge is 0.240 e. The summed E-state index contributed by atoms with van der Waals surface area (Å²) in [6, 6.07) is -0.487. The summed E-state index contributed by atoms with van der Waals surface area (Å²) < 4.78 is 0. The quantitative estimate of drug-likeness (QED) is 0.804. The van der Waals surface area contributed by atoms with E-state index in [-0.39, 0.29) is 17.2 Å². The highest BCUT2D eigenvalue weighted by Crippen LogP contribution is 2.19. The van der Waals surface area contributed by atoms with Crippen molar-refractivity contribution in [2.24, 2.45) is 11.1 Å². The zero-order valence-electron chi connectivity index (χ0n) is 14.2. The van der Waals surface area contributed by atoms with Crippen LogP contribution in [-0.2, 0) is 9.59 Å². The first-order chi connectivity index (χ1) is 10.3. The number of hydrogen-bond acceptors (Lipinski definition) is 4. The first-order valence-electron chi connectivity index (χ1n) is 8.33. The Morgan fingerprint density at radius 1 is 0.955 bits per heavy atom. The summed E-state index contributed by atoms with van der Waals surface area (Å²) in [4.78, 5) is 30.6. The topological polar surface area (TPSA) is 69.9 Å². The molecule has 6 nitrogen and oxygen atoms in total. The van der Waals surface area contributed by atoms with Gasteiger partial charge in [-0.25, -0.2) is 0 Å². The maximum atomic E-state index is 12.4. The Kier molecular flexibility index (Phi) is 5.45. The number of rotatable bonds is 3. The molecule has 0 aromatic heterocycles. The van der Waals surface area contributed by atoms with Gasteiger partial charge in [0.05, 0.1) is 12.6 Å². The second-order valence-electron chi connectivity index (χ2n) is 7.53. The molecular weight excluding hydrogens is 280 g/mol. The van der Waals surface area contributed by atoms with Crippen molar-refractivity contribution in [3.05, 3.63) is 0 Å². The van der Waals surface area contributed by atoms with Gasteiger partial charge in [-0.05, 0) is 31.3 Å². The number of nitrogens with two attached hydrogens (primary N) is 1. The van der Waals surface area contributed by atoms with Crippen LogP contribution < -0.4 is 5.73 Å². The van der Waals surface area contributed by atoms with E-state index in [1.807, 2.05) is 25.7 Å². The third-order valence-electron chi connectivity index (χ3n) is 4.70. The van der Waals surface area contributed by atoms with E-state index in [2.05, 4.69) is 4.90 Å². The van der Waals surface area contributed by atoms with Gasteiger partial charge in [-0.1, -0.05) is 20.8 Å². The number of nitrogens with zero attached hydrogens (tertiary/aromatic N) is 3. The number of hydrogen-bond donors (Lipinski definition) is 1. The molecule has 0 radical (unpaired) electrons. The van der Waals surface area contributed by atoms with Crippen LogP contribution in [0.4, 0.5) is 0 Å². The molecule has 1 atom stereocenters. The summed E-state index contributed by atoms with van der Waals surface area (Å²) in [5.74, 6) is 0.188. The van der Waals surface area contributed by atoms with Gasteiger partial charge in [0.25, 0.3) is 0 Å². The molecule has 126 valence electrons. The average molecular weight is 310 g/mol. The van der Waals surface area contributed by atoms with E-state index in [1.165, 1.54) is 12.8 Å². The van der Waals surface area contributed by atoms with E-state index < -0.39 is 6.04 Å². The fourth-order valence-electron chi connectivity index (χ4n) is 2.98. The Labute approximate surface area is 133 Å². The summed E-state index contributed by atoms with van der Waals surface area (Å²) in [7, 11) is 0. The fourth-order valence-corrected chi connectivity index (χ4v) is 2.98. The van der Waals surface area contributed by atoms with Crippen molar-refractivity contribution in [1.29, 1.82) is 0 Å². The van der Waals surface area contributed by atoms with Crippen molar-refractivity contribution < 1.29 is 9.59 Å². The Morgan fingerprint density at radius 3 is 1.95 bits per heavy atom. The van der Waals surface area contributed by atoms with Crippen molar-refractivity contribution in [2.75, 3.05) is 45.8 Å². The number of amides is 2. The molecule has 0 aromatic rings. The van der Waals surface area contributed by atoms with Crippen LogP contribution in [0.15, 0.2) is 0 Å². The van der Waals surface area contributed by atoms with Crippen molar-refractivity contribution in [1.82, 2.24) is 14.7 Å². The van der Waals surface area contributed by atoms with Crippen LogP contribution in [0.3, 0.4) is 0 Å². The van der Waals surface area contributed by atoms with E-state index in [4.69, 9.17) is 5.73 Å². The van der Waals surface area contributed by atoms with Gasteiger partial charge in [-0.2, -0.15) is 0 Å². The minimum atomic E-state index is -0.487. The molecule has 2 heterocycles. The molecule has 0 unspecified atom stereocenters. The van der Waals surface area contributed by atoms with Gasteiger partial charge in [0.15, 0.2) is 0 Å². The molecule has 2 N–H and O–H groups in total. The van der Waals surface area contributed by atoms with Crippen molar-refractivity contribution >= 4 is 11.8 Å². The predicted octanol–water partition coefficient (Wildman–Crippen LogP) is 0.126. The predicted molar refractivity (Wildman–Crippen MR) is 86.3 cm³/mol. The maximum Gasteiger partial charge on any atom is 0.240 e. The second-order valence-corrected chi connectivity index (χ2v) is 7.53. The van der Waals surface area contributed by atoms with Gasteiger partial charge in [-0.3, -0.25) is 14.5 Å². The number of carbonyl (C=O) groups excluding carboxylic acids is 2. The molecule has 22 heavy (non-hydrogen) atoms. The first-order valence-corrected chi connectivity index (χ1v) is 8.33. The molecule has 2 aliphatic rings. The molecule has 0 aliphatic carbocycles. The number of likely N-dealkylation sites (tertiary alicyclic amines) is 1. The SMILES string of the molecule is CC(C)(C)[C@H](N)C(=O)N1CCN(C(=O)CN2CCCC2)CC1. The molecular formula is C16H30N4O2. The first kappa shape index (κ1) is 17.2. The summed E-state index contributed by atoms with van der Waals surface area (Å²) >= 11 is 0. The van der Waals surface area contributed by atoms with Crippen molar-refractivity contribution in [3.8, 4) is 0 Å². The lowest BCUT2D eigenvalue weighted by atomic mass is 9.86. The van der Waals surface area contributed by atoms with E-state index in [9.17, 15) is 9.59 Å². The van der Waals surface area contributed by atoms with Gasteiger partial charge in [0, 0.05) is 26.2 Å². The summed E-state index contributed by atoms with van der Waals surface area (Å²) in [6.45, 7) is 10.9. The van der Waals surface area contributed by atoms with Gasteiger partial charge in [0.2, 0.25) is 11.8 Å². The highest BCUT2D eigenvalue weighted by Gasteiger charge is 2.33. The van der Waals surface area contributed by atoms with Crippen molar-refractivity contribution in [3.63, 3.8) is 0 Å². The number of piperazine rings is 1. The van der Waals surface area contributed by atoms with E-state index in [0.717, 1.165) is 13.1 Å². The fraction of sp³-hybridized carbons (Fsp3) is 0.875. The minimum absolute atomic E-state index is 0.000795. The molecule has 2 amide bonds. The third kappa shape index (κ3) is 4.20. The molecule has 0 bridgehead atoms. The van der Waals surface area contributed by atoms with Crippen LogP contribution in [0.2, 0.25) is 0 Å². The molecule has 0 spiro atoms. The van der Waals surface area contributed by atoms with Crippen LogP contribution in [0, 0.1) is 5.41 Å². The highest BCUT2D eigenvalue weighted by atomic mass is 16.2. The average Bonchev–Trinajstić information content (AvgIpc) is 2.97. The summed E-state index contributed by atoms with van der Waals surface area (Å²) in [6.07, 6.45) is 2.39. The maximum absolute atomic E-state index is 12.4. The zero-order valence-corrected chi connectivity index (χ0v) is 14.2. The molecule has 0 aromatic carbocycles. The molecule has 2 fully saturated rings. The third-order valence-corrected chi connectivity index (χ3v) is 4.70. The Balaban J connectivity index is 1.79. The lowest BCUT2D eigenvalue weighted by molar-refractivity contribution is -0.142. The molecule has 0 saturated carbocycles. The Morgan fingerprint density at radius 2 is 1.45 bits per heavy atom. The van der Waals surface area contributed by atoms with E-state index in [1.54, 1.807) is 4.90 Å². The Hall–Kier alpha value is -1.14. The van der Waals surface area contributed by atoms with Crippen LogP contribution in [0.5, 0.6) is 0 Å². The van der Waals surface area contributed by atoms with Gasteiger partial charge in [0.1, 0.15) is 0 Å². The lowest BCUT2D eigenvalue weighted by Crippen LogP contribution is -2.57. The Bertz CT molecular complexity index is 405. The van der Waals surface area contributed by atoms with Crippen LogP contribution in [0.1, 0.15) is 33.6 Å². The van der Waals surface area contributed by atoms with Gasteiger partial charge < -0.3 is 15.5 Å². The lowest BCUT2D eigenvalue weighted by Gasteiger charge is -2.38. The molecule has 2 rings (SSSR count). The van der Waals surface area contributed by atoms with E-state index >= 15 is 0 Å². The molecule has 2 saturated heterocycles. The standard InChI is InChI=1S/C16H30N4O2/c1-16(2,3)14(17)15(22)20-10-8-19(9-11-20)13(21)12-18-6-4-5-7-18/h14H,4-12,17H2,1-3H3/t14-/m1/s1. The highest BCUT2D eigenvalue weighted by molar-refractivity contribution is 5.83. The van der Waals surface area contributed by atoms with Crippen molar-refractivity contribution in [2.45, 2.75) is 39.7 Å². The zero-order chi connectivity index (χ0) is 16.3. The minimum Gasteiger partial charge on any atom is -0.338 e. The molecule has 2 aliphatic heterocycles. The second kappa shape index (κ2) is 6.96. The van der Waals surface area contributed by atoms with Gasteiger partial charge >= 0.3 is 0 Å². The summed E-state index contributed by atoms with van der Waals surface area (Å²) in [5.41, 5.74) is 5.81. The normalized spacial score (nSPS) is 22.0. The van der Waals surface area contributed by atoms with Crippen LogP contribution in [0.25, 0.3) is 0 Å². The van der Waals surface area contributed by atoms with Gasteiger partial charge in [-0.15, -0.1) is 0 Å². The largest absolute Gasteiger partial charge is 0.338 e. The van der Waals surface area contributed by atoms with Crippen LogP contribution in [-0.4, -0.2) is 78.4 Å². The monoisotopic (exact) mass is 310 g/mol. The summed E-state index contributed by atoms with van der Waals surface area (Å²) in [5, 5.41) is 0. The number of carbonyl (C=O) groups is 2. The van der Waals surface area contributed by atoms with E-state index in [0.29, 0.717) is 32.7 Å².